The summed E-state index contributed by atoms with van der Waals surface area (Å²) in [6.45, 7) is 1.01. The Balaban J connectivity index is 2.86. The summed E-state index contributed by atoms with van der Waals surface area (Å²) >= 11 is 5.45. The molecule has 0 unspecified atom stereocenters. The molecule has 3 heteroatoms. The molecule has 1 N–H and O–H groups in total. The van der Waals surface area contributed by atoms with Gasteiger partial charge >= 0.3 is 0 Å². The van der Waals surface area contributed by atoms with Crippen molar-refractivity contribution in [1.82, 2.24) is 10.4 Å². The first kappa shape index (κ1) is 8.21. The standard InChI is InChI=1S/C5H13ClN2/c1-7-8(2)5-3-4-6/h7H,3-5H2,1-2H3. The molecule has 0 fully saturated rings. The first-order chi connectivity index (χ1) is 3.81. The molecule has 0 aliphatic heterocycles. The number of halogens is 1. The van der Waals surface area contributed by atoms with E-state index in [0.717, 1.165) is 18.8 Å². The quantitative estimate of drug-likeness (QED) is 0.452. The Hall–Kier alpha value is 0.210. The van der Waals surface area contributed by atoms with Crippen molar-refractivity contribution in [3.8, 4) is 0 Å². The number of nitrogens with one attached hydrogen (secondary N) is 1. The Bertz CT molecular complexity index is 49.7. The van der Waals surface area contributed by atoms with Gasteiger partial charge in [0.15, 0.2) is 0 Å². The zero-order valence-corrected chi connectivity index (χ0v) is 6.20. The molecule has 0 spiro atoms. The van der Waals surface area contributed by atoms with Gasteiger partial charge in [0.1, 0.15) is 0 Å². The molecule has 0 saturated heterocycles. The van der Waals surface area contributed by atoms with Gasteiger partial charge in [0.25, 0.3) is 0 Å². The second-order valence-corrected chi connectivity index (χ2v) is 2.07. The third kappa shape index (κ3) is 4.37. The molecule has 0 radical (unpaired) electrons. The molecule has 2 nitrogen and oxygen atoms in total. The smallest absolute Gasteiger partial charge is 0.0236 e. The predicted octanol–water partition coefficient (Wildman–Crippen LogP) is 0.681. The molecule has 0 amide bonds. The summed E-state index contributed by atoms with van der Waals surface area (Å²) in [5.41, 5.74) is 2.97. The molecule has 0 saturated carbocycles. The lowest BCUT2D eigenvalue weighted by molar-refractivity contribution is 0.262. The maximum atomic E-state index is 5.45. The Kier molecular flexibility index (Phi) is 5.49. The summed E-state index contributed by atoms with van der Waals surface area (Å²) in [5.74, 6) is 0.742. The minimum atomic E-state index is 0.742. The van der Waals surface area contributed by atoms with E-state index in [0.29, 0.717) is 0 Å². The number of alkyl halides is 1. The van der Waals surface area contributed by atoms with Crippen LogP contribution in [-0.2, 0) is 0 Å². The Morgan fingerprint density at radius 2 is 2.25 bits per heavy atom. The molecule has 0 aromatic heterocycles. The molecule has 0 aliphatic rings. The fraction of sp³-hybridized carbons (Fsp3) is 1.00. The van der Waals surface area contributed by atoms with E-state index in [1.165, 1.54) is 0 Å². The summed E-state index contributed by atoms with van der Waals surface area (Å²) < 4.78 is 0. The summed E-state index contributed by atoms with van der Waals surface area (Å²) in [6.07, 6.45) is 1.04. The lowest BCUT2D eigenvalue weighted by Crippen LogP contribution is -2.31. The number of rotatable bonds is 4. The van der Waals surface area contributed by atoms with Crippen molar-refractivity contribution in [2.24, 2.45) is 0 Å². The van der Waals surface area contributed by atoms with Gasteiger partial charge in [0.05, 0.1) is 0 Å². The first-order valence-corrected chi connectivity index (χ1v) is 3.29. The maximum Gasteiger partial charge on any atom is 0.0236 e. The van der Waals surface area contributed by atoms with Gasteiger partial charge < -0.3 is 0 Å². The minimum Gasteiger partial charge on any atom is -0.259 e. The molecule has 0 bridgehead atoms. The zero-order chi connectivity index (χ0) is 6.41. The van der Waals surface area contributed by atoms with E-state index in [1.54, 1.807) is 0 Å². The SMILES string of the molecule is CNN(C)CCCCl. The van der Waals surface area contributed by atoms with E-state index in [2.05, 4.69) is 5.43 Å². The van der Waals surface area contributed by atoms with Crippen molar-refractivity contribution in [1.29, 1.82) is 0 Å². The van der Waals surface area contributed by atoms with Gasteiger partial charge in [0.2, 0.25) is 0 Å². The molecule has 0 aliphatic carbocycles. The highest BCUT2D eigenvalue weighted by Gasteiger charge is 1.89. The molecule has 50 valence electrons. The van der Waals surface area contributed by atoms with Crippen LogP contribution in [0, 0.1) is 0 Å². The van der Waals surface area contributed by atoms with Crippen molar-refractivity contribution < 1.29 is 0 Å². The number of hydrogen-bond acceptors (Lipinski definition) is 2. The molecule has 0 rings (SSSR count). The predicted molar refractivity (Wildman–Crippen MR) is 37.0 cm³/mol. The second-order valence-electron chi connectivity index (χ2n) is 1.69. The van der Waals surface area contributed by atoms with E-state index in [1.807, 2.05) is 19.1 Å². The van der Waals surface area contributed by atoms with Crippen molar-refractivity contribution >= 4 is 11.6 Å². The van der Waals surface area contributed by atoms with E-state index < -0.39 is 0 Å². The first-order valence-electron chi connectivity index (χ1n) is 2.75. The summed E-state index contributed by atoms with van der Waals surface area (Å²) in [7, 11) is 3.89. The van der Waals surface area contributed by atoms with E-state index in [-0.39, 0.29) is 0 Å². The highest BCUT2D eigenvalue weighted by atomic mass is 35.5. The fourth-order valence-electron chi connectivity index (χ4n) is 0.409. The maximum absolute atomic E-state index is 5.45. The van der Waals surface area contributed by atoms with Crippen LogP contribution in [0.25, 0.3) is 0 Å². The average molecular weight is 137 g/mol. The van der Waals surface area contributed by atoms with Crippen LogP contribution in [0.2, 0.25) is 0 Å². The van der Waals surface area contributed by atoms with Crippen molar-refractivity contribution in [3.05, 3.63) is 0 Å². The van der Waals surface area contributed by atoms with Crippen LogP contribution in [0.3, 0.4) is 0 Å². The molecule has 0 aromatic rings. The topological polar surface area (TPSA) is 15.3 Å². The van der Waals surface area contributed by atoms with Gasteiger partial charge in [0, 0.05) is 19.5 Å². The lowest BCUT2D eigenvalue weighted by Gasteiger charge is -2.12. The van der Waals surface area contributed by atoms with Crippen LogP contribution >= 0.6 is 11.6 Å². The molecular weight excluding hydrogens is 124 g/mol. The van der Waals surface area contributed by atoms with Crippen LogP contribution in [0.4, 0.5) is 0 Å². The van der Waals surface area contributed by atoms with Gasteiger partial charge in [-0.25, -0.2) is 5.01 Å². The highest BCUT2D eigenvalue weighted by Crippen LogP contribution is 1.84. The highest BCUT2D eigenvalue weighted by molar-refractivity contribution is 6.17. The van der Waals surface area contributed by atoms with Gasteiger partial charge in [-0.2, -0.15) is 0 Å². The van der Waals surface area contributed by atoms with Crippen molar-refractivity contribution in [2.45, 2.75) is 6.42 Å². The van der Waals surface area contributed by atoms with Crippen LogP contribution in [0.5, 0.6) is 0 Å². The normalized spacial score (nSPS) is 10.5. The van der Waals surface area contributed by atoms with Gasteiger partial charge in [-0.3, -0.25) is 5.43 Å². The number of hydrogen-bond donors (Lipinski definition) is 1. The van der Waals surface area contributed by atoms with Gasteiger partial charge in [-0.1, -0.05) is 0 Å². The Morgan fingerprint density at radius 1 is 1.62 bits per heavy atom. The fourth-order valence-corrected chi connectivity index (χ4v) is 0.528. The Labute approximate surface area is 55.8 Å². The van der Waals surface area contributed by atoms with E-state index in [4.69, 9.17) is 11.6 Å². The van der Waals surface area contributed by atoms with Gasteiger partial charge in [-0.15, -0.1) is 11.6 Å². The molecule has 0 aromatic carbocycles. The van der Waals surface area contributed by atoms with Crippen molar-refractivity contribution in [3.63, 3.8) is 0 Å². The third-order valence-electron chi connectivity index (χ3n) is 1.01. The lowest BCUT2D eigenvalue weighted by atomic mass is 10.5. The Morgan fingerprint density at radius 3 is 2.62 bits per heavy atom. The van der Waals surface area contributed by atoms with Crippen LogP contribution in [0.15, 0.2) is 0 Å². The third-order valence-corrected chi connectivity index (χ3v) is 1.28. The second kappa shape index (κ2) is 5.35. The monoisotopic (exact) mass is 136 g/mol. The molecule has 0 heterocycles. The molecule has 0 atom stereocenters. The summed E-state index contributed by atoms with van der Waals surface area (Å²) in [5, 5.41) is 2.00. The summed E-state index contributed by atoms with van der Waals surface area (Å²) in [6, 6.07) is 0. The zero-order valence-electron chi connectivity index (χ0n) is 5.45. The van der Waals surface area contributed by atoms with Crippen LogP contribution in [-0.4, -0.2) is 31.5 Å². The minimum absolute atomic E-state index is 0.742. The number of nitrogens with zero attached hydrogens (tertiary/aromatic N) is 1. The molecular formula is C5H13ClN2. The summed E-state index contributed by atoms with van der Waals surface area (Å²) in [4.78, 5) is 0. The molecule has 8 heavy (non-hydrogen) atoms. The largest absolute Gasteiger partial charge is 0.259 e. The van der Waals surface area contributed by atoms with Crippen LogP contribution in [0.1, 0.15) is 6.42 Å². The van der Waals surface area contributed by atoms with Crippen LogP contribution < -0.4 is 5.43 Å². The van der Waals surface area contributed by atoms with Crippen molar-refractivity contribution in [2.75, 3.05) is 26.5 Å². The average Bonchev–Trinajstić information content (AvgIpc) is 1.83. The van der Waals surface area contributed by atoms with E-state index in [9.17, 15) is 0 Å². The van der Waals surface area contributed by atoms with E-state index >= 15 is 0 Å². The van der Waals surface area contributed by atoms with Gasteiger partial charge in [-0.05, 0) is 13.5 Å². The number of hydrazine groups is 1.